The molecule has 5 heteroatoms. The van der Waals surface area contributed by atoms with Gasteiger partial charge in [-0.3, -0.25) is 0 Å². The molecule has 0 spiro atoms. The van der Waals surface area contributed by atoms with Crippen molar-refractivity contribution in [3.8, 4) is 0 Å². The number of hydrogen-bond acceptors (Lipinski definition) is 5. The van der Waals surface area contributed by atoms with Crippen molar-refractivity contribution in [2.24, 2.45) is 5.73 Å². The van der Waals surface area contributed by atoms with Crippen LogP contribution >= 0.6 is 0 Å². The van der Waals surface area contributed by atoms with Crippen LogP contribution < -0.4 is 5.73 Å². The number of rotatable bonds is 2. The third-order valence-electron chi connectivity index (χ3n) is 4.14. The van der Waals surface area contributed by atoms with Gasteiger partial charge in [-0.25, -0.2) is 0 Å². The molecule has 0 amide bonds. The molecule has 2 N–H and O–H groups in total. The molecule has 5 nitrogen and oxygen atoms in total. The fraction of sp³-hybridized carbons (Fsp3) is 0.615. The highest BCUT2D eigenvalue weighted by Gasteiger charge is 2.41. The van der Waals surface area contributed by atoms with Gasteiger partial charge in [0.2, 0.25) is 0 Å². The molecule has 98 valence electrons. The molecule has 3 rings (SSSR count). The van der Waals surface area contributed by atoms with Crippen LogP contribution in [0.15, 0.2) is 22.5 Å². The van der Waals surface area contributed by atoms with Gasteiger partial charge in [-0.15, -0.1) is 0 Å². The zero-order valence-electron chi connectivity index (χ0n) is 11.0. The van der Waals surface area contributed by atoms with Gasteiger partial charge in [-0.1, -0.05) is 5.16 Å². The molecule has 0 saturated carbocycles. The van der Waals surface area contributed by atoms with E-state index in [1.165, 1.54) is 12.2 Å². The van der Waals surface area contributed by atoms with Crippen LogP contribution in [-0.4, -0.2) is 34.6 Å². The lowest BCUT2D eigenvalue weighted by Crippen LogP contribution is -2.32. The molecule has 1 aromatic heterocycles. The van der Waals surface area contributed by atoms with Crippen molar-refractivity contribution in [3.05, 3.63) is 29.4 Å². The first-order valence-electron chi connectivity index (χ1n) is 6.56. The quantitative estimate of drug-likeness (QED) is 0.858. The van der Waals surface area contributed by atoms with Crippen molar-refractivity contribution >= 4 is 0 Å². The summed E-state index contributed by atoms with van der Waals surface area (Å²) in [7, 11) is 2.18. The Morgan fingerprint density at radius 1 is 1.56 bits per heavy atom. The molecule has 3 heterocycles. The second kappa shape index (κ2) is 4.31. The number of aromatic nitrogens is 1. The molecule has 2 bridgehead atoms. The van der Waals surface area contributed by atoms with Crippen molar-refractivity contribution in [1.82, 2.24) is 15.0 Å². The molecule has 2 saturated heterocycles. The predicted molar refractivity (Wildman–Crippen MR) is 68.4 cm³/mol. The first kappa shape index (κ1) is 11.6. The van der Waals surface area contributed by atoms with Crippen LogP contribution in [0.3, 0.4) is 0 Å². The summed E-state index contributed by atoms with van der Waals surface area (Å²) in [5.74, 6) is 2.07. The Hall–Kier alpha value is -1.49. The van der Waals surface area contributed by atoms with Gasteiger partial charge < -0.3 is 20.1 Å². The lowest BCUT2D eigenvalue weighted by molar-refractivity contribution is 0.215. The van der Waals surface area contributed by atoms with Crippen molar-refractivity contribution in [2.75, 3.05) is 13.6 Å². The average molecular weight is 248 g/mol. The predicted octanol–water partition coefficient (Wildman–Crippen LogP) is 1.45. The molecule has 2 aliphatic heterocycles. The summed E-state index contributed by atoms with van der Waals surface area (Å²) in [6.07, 6.45) is 4.52. The van der Waals surface area contributed by atoms with Crippen molar-refractivity contribution in [2.45, 2.75) is 38.4 Å². The Labute approximate surface area is 107 Å². The lowest BCUT2D eigenvalue weighted by atomic mass is 9.98. The van der Waals surface area contributed by atoms with Gasteiger partial charge in [0.05, 0.1) is 12.6 Å². The highest BCUT2D eigenvalue weighted by molar-refractivity contribution is 5.19. The number of nitrogens with two attached hydrogens (primary N) is 1. The van der Waals surface area contributed by atoms with Crippen molar-refractivity contribution in [1.29, 1.82) is 0 Å². The number of piperidine rings is 1. The largest absolute Gasteiger partial charge is 0.360 e. The first-order valence-corrected chi connectivity index (χ1v) is 6.56. The molecule has 2 atom stereocenters. The van der Waals surface area contributed by atoms with Crippen LogP contribution in [0.4, 0.5) is 0 Å². The van der Waals surface area contributed by atoms with E-state index in [9.17, 15) is 0 Å². The maximum atomic E-state index is 5.58. The third kappa shape index (κ3) is 1.61. The zero-order chi connectivity index (χ0) is 12.7. The molecule has 0 aliphatic carbocycles. The summed E-state index contributed by atoms with van der Waals surface area (Å²) in [6, 6.07) is 2.98. The molecule has 18 heavy (non-hydrogen) atoms. The molecule has 2 fully saturated rings. The number of nitrogens with zero attached hydrogens (tertiary/aromatic N) is 3. The topological polar surface area (TPSA) is 58.5 Å². The van der Waals surface area contributed by atoms with E-state index < -0.39 is 0 Å². The van der Waals surface area contributed by atoms with Gasteiger partial charge >= 0.3 is 0 Å². The van der Waals surface area contributed by atoms with Crippen molar-refractivity contribution in [3.63, 3.8) is 0 Å². The van der Waals surface area contributed by atoms with E-state index in [0.717, 1.165) is 24.4 Å². The Balaban J connectivity index is 1.89. The molecular formula is C13H20N4O. The van der Waals surface area contributed by atoms with E-state index in [2.05, 4.69) is 35.0 Å². The average Bonchev–Trinajstić information content (AvgIpc) is 2.96. The lowest BCUT2D eigenvalue weighted by Gasteiger charge is -2.31. The van der Waals surface area contributed by atoms with E-state index in [4.69, 9.17) is 10.3 Å². The second-order valence-electron chi connectivity index (χ2n) is 5.08. The molecule has 1 aromatic rings. The number of likely N-dealkylation sites (N-methyl/N-ethyl adjacent to an activating group) is 1. The normalized spacial score (nSPS) is 29.4. The van der Waals surface area contributed by atoms with Gasteiger partial charge in [-0.05, 0) is 25.8 Å². The van der Waals surface area contributed by atoms with E-state index in [0.29, 0.717) is 18.6 Å². The highest BCUT2D eigenvalue weighted by atomic mass is 16.5. The summed E-state index contributed by atoms with van der Waals surface area (Å²) in [6.45, 7) is 3.60. The Kier molecular flexibility index (Phi) is 2.78. The maximum Gasteiger partial charge on any atom is 0.150 e. The van der Waals surface area contributed by atoms with E-state index >= 15 is 0 Å². The standard InChI is InChI=1S/C13H20N4O/c1-3-13-16(2)9-4-5-12(17(13)8-9)11-6-10(7-14)18-15-11/h3,6,9,12H,4-5,7-8,14H2,1-2H3. The monoisotopic (exact) mass is 248 g/mol. The summed E-state index contributed by atoms with van der Waals surface area (Å²) in [4.78, 5) is 4.82. The second-order valence-corrected chi connectivity index (χ2v) is 5.08. The summed E-state index contributed by atoms with van der Waals surface area (Å²) < 4.78 is 5.23. The summed E-state index contributed by atoms with van der Waals surface area (Å²) >= 11 is 0. The minimum atomic E-state index is 0.335. The van der Waals surface area contributed by atoms with Gasteiger partial charge in [0, 0.05) is 25.7 Å². The molecule has 2 unspecified atom stereocenters. The van der Waals surface area contributed by atoms with Crippen molar-refractivity contribution < 1.29 is 4.52 Å². The fourth-order valence-electron chi connectivity index (χ4n) is 3.17. The van der Waals surface area contributed by atoms with E-state index in [-0.39, 0.29) is 0 Å². The van der Waals surface area contributed by atoms with Gasteiger partial charge in [0.15, 0.2) is 5.76 Å². The number of fused-ring (bicyclic) bond motifs is 2. The summed E-state index contributed by atoms with van der Waals surface area (Å²) in [5, 5.41) is 4.18. The van der Waals surface area contributed by atoms with Gasteiger partial charge in [0.1, 0.15) is 11.5 Å². The minimum absolute atomic E-state index is 0.335. The van der Waals surface area contributed by atoms with Gasteiger partial charge in [0.25, 0.3) is 0 Å². The number of hydrogen-bond donors (Lipinski definition) is 1. The van der Waals surface area contributed by atoms with Crippen LogP contribution in [0, 0.1) is 0 Å². The zero-order valence-corrected chi connectivity index (χ0v) is 11.0. The Morgan fingerprint density at radius 3 is 3.06 bits per heavy atom. The minimum Gasteiger partial charge on any atom is -0.360 e. The van der Waals surface area contributed by atoms with Crippen LogP contribution in [0.2, 0.25) is 0 Å². The molecular weight excluding hydrogens is 228 g/mol. The van der Waals surface area contributed by atoms with Crippen LogP contribution in [-0.2, 0) is 6.54 Å². The Bertz CT molecular complexity index is 467. The van der Waals surface area contributed by atoms with E-state index in [1.807, 2.05) is 6.07 Å². The number of allylic oxidation sites excluding steroid dienone is 1. The molecule has 0 aromatic carbocycles. The SMILES string of the molecule is CC=C1N(C)C2CCC(c3cc(CN)on3)N1C2. The van der Waals surface area contributed by atoms with Crippen LogP contribution in [0.25, 0.3) is 0 Å². The smallest absolute Gasteiger partial charge is 0.150 e. The molecule has 2 aliphatic rings. The van der Waals surface area contributed by atoms with E-state index in [1.54, 1.807) is 0 Å². The van der Waals surface area contributed by atoms with Crippen LogP contribution in [0.5, 0.6) is 0 Å². The first-order chi connectivity index (χ1) is 8.74. The highest BCUT2D eigenvalue weighted by Crippen LogP contribution is 2.41. The molecule has 0 radical (unpaired) electrons. The summed E-state index contributed by atoms with van der Waals surface area (Å²) in [5.41, 5.74) is 6.59. The maximum absolute atomic E-state index is 5.58. The third-order valence-corrected chi connectivity index (χ3v) is 4.14. The van der Waals surface area contributed by atoms with Crippen LogP contribution in [0.1, 0.15) is 37.3 Å². The fourth-order valence-corrected chi connectivity index (χ4v) is 3.17. The Morgan fingerprint density at radius 2 is 2.39 bits per heavy atom. The van der Waals surface area contributed by atoms with Gasteiger partial charge in [-0.2, -0.15) is 0 Å².